The summed E-state index contributed by atoms with van der Waals surface area (Å²) >= 11 is 1.54. The predicted octanol–water partition coefficient (Wildman–Crippen LogP) is 3.19. The molecule has 0 saturated carbocycles. The number of fused-ring (bicyclic) bond motifs is 1. The minimum absolute atomic E-state index is 0.728. The van der Waals surface area contributed by atoms with Gasteiger partial charge in [0.05, 0.1) is 17.2 Å². The van der Waals surface area contributed by atoms with Gasteiger partial charge in [0, 0.05) is 30.6 Å². The fourth-order valence-corrected chi connectivity index (χ4v) is 3.05. The Morgan fingerprint density at radius 3 is 2.79 bits per heavy atom. The SMILES string of the molecule is CCc1nnc(Nc2ccc3ncc(-c4cnn(C)c4)cc3n2)s1. The zero-order chi connectivity index (χ0) is 16.5. The molecule has 4 rings (SSSR count). The lowest BCUT2D eigenvalue weighted by Gasteiger charge is -2.04. The molecular weight excluding hydrogens is 322 g/mol. The second-order valence-corrected chi connectivity index (χ2v) is 6.40. The largest absolute Gasteiger partial charge is 0.315 e. The number of pyridine rings is 2. The van der Waals surface area contributed by atoms with Gasteiger partial charge in [0.1, 0.15) is 10.8 Å². The van der Waals surface area contributed by atoms with Gasteiger partial charge in [0.2, 0.25) is 5.13 Å². The molecule has 4 aromatic heterocycles. The minimum atomic E-state index is 0.728. The Morgan fingerprint density at radius 1 is 1.12 bits per heavy atom. The van der Waals surface area contributed by atoms with Crippen LogP contribution in [0.15, 0.2) is 36.8 Å². The Kier molecular flexibility index (Phi) is 3.66. The lowest BCUT2D eigenvalue weighted by atomic mass is 10.1. The molecule has 24 heavy (non-hydrogen) atoms. The van der Waals surface area contributed by atoms with E-state index in [0.717, 1.165) is 44.5 Å². The van der Waals surface area contributed by atoms with Crippen LogP contribution in [0, 0.1) is 0 Å². The van der Waals surface area contributed by atoms with Crippen molar-refractivity contribution in [3.63, 3.8) is 0 Å². The quantitative estimate of drug-likeness (QED) is 0.616. The molecule has 0 aromatic carbocycles. The van der Waals surface area contributed by atoms with E-state index in [1.807, 2.05) is 43.8 Å². The maximum Gasteiger partial charge on any atom is 0.211 e. The summed E-state index contributed by atoms with van der Waals surface area (Å²) in [5.74, 6) is 0.728. The van der Waals surface area contributed by atoms with Gasteiger partial charge in [-0.3, -0.25) is 9.67 Å². The lowest BCUT2D eigenvalue weighted by Crippen LogP contribution is -1.94. The molecule has 1 N–H and O–H groups in total. The number of hydrogen-bond acceptors (Lipinski definition) is 7. The van der Waals surface area contributed by atoms with Crippen molar-refractivity contribution >= 4 is 33.3 Å². The maximum absolute atomic E-state index is 4.64. The van der Waals surface area contributed by atoms with Crippen LogP contribution in [-0.2, 0) is 13.5 Å². The summed E-state index contributed by atoms with van der Waals surface area (Å²) in [7, 11) is 1.89. The van der Waals surface area contributed by atoms with Crippen LogP contribution >= 0.6 is 11.3 Å². The van der Waals surface area contributed by atoms with Crippen LogP contribution in [-0.4, -0.2) is 29.9 Å². The van der Waals surface area contributed by atoms with Gasteiger partial charge in [0.25, 0.3) is 0 Å². The summed E-state index contributed by atoms with van der Waals surface area (Å²) in [5.41, 5.74) is 3.68. The van der Waals surface area contributed by atoms with Crippen molar-refractivity contribution in [3.8, 4) is 11.1 Å². The average molecular weight is 337 g/mol. The molecule has 4 heterocycles. The summed E-state index contributed by atoms with van der Waals surface area (Å²) in [4.78, 5) is 9.12. The van der Waals surface area contributed by atoms with Gasteiger partial charge in [0.15, 0.2) is 0 Å². The van der Waals surface area contributed by atoms with Crippen LogP contribution in [0.2, 0.25) is 0 Å². The summed E-state index contributed by atoms with van der Waals surface area (Å²) in [6.07, 6.45) is 6.49. The summed E-state index contributed by atoms with van der Waals surface area (Å²) < 4.78 is 1.77. The van der Waals surface area contributed by atoms with Crippen LogP contribution in [0.25, 0.3) is 22.2 Å². The van der Waals surface area contributed by atoms with E-state index in [2.05, 4.69) is 37.5 Å². The van der Waals surface area contributed by atoms with E-state index in [4.69, 9.17) is 0 Å². The monoisotopic (exact) mass is 337 g/mol. The van der Waals surface area contributed by atoms with Gasteiger partial charge in [-0.05, 0) is 24.6 Å². The Bertz CT molecular complexity index is 1000. The molecule has 0 aliphatic heterocycles. The fourth-order valence-electron chi connectivity index (χ4n) is 2.36. The lowest BCUT2D eigenvalue weighted by molar-refractivity contribution is 0.768. The molecule has 0 aliphatic rings. The van der Waals surface area contributed by atoms with Gasteiger partial charge < -0.3 is 5.32 Å². The highest BCUT2D eigenvalue weighted by Gasteiger charge is 2.07. The molecule has 4 aromatic rings. The molecule has 8 heteroatoms. The molecule has 0 spiro atoms. The smallest absolute Gasteiger partial charge is 0.211 e. The van der Waals surface area contributed by atoms with Crippen molar-refractivity contribution in [2.75, 3.05) is 5.32 Å². The average Bonchev–Trinajstić information content (AvgIpc) is 3.23. The maximum atomic E-state index is 4.64. The third kappa shape index (κ3) is 2.83. The summed E-state index contributed by atoms with van der Waals surface area (Å²) in [5, 5.41) is 17.4. The van der Waals surface area contributed by atoms with Gasteiger partial charge >= 0.3 is 0 Å². The van der Waals surface area contributed by atoms with Crippen molar-refractivity contribution in [3.05, 3.63) is 41.8 Å². The number of rotatable bonds is 4. The highest BCUT2D eigenvalue weighted by Crippen LogP contribution is 2.24. The van der Waals surface area contributed by atoms with Crippen molar-refractivity contribution in [2.24, 2.45) is 7.05 Å². The standard InChI is InChI=1S/C16H15N7S/c1-3-15-21-22-16(24-15)20-14-5-4-12-13(19-14)6-10(7-17-12)11-8-18-23(2)9-11/h4-9H,3H2,1-2H3,(H,19,20,22). The third-order valence-electron chi connectivity index (χ3n) is 3.58. The number of hydrogen-bond donors (Lipinski definition) is 1. The van der Waals surface area contributed by atoms with Crippen molar-refractivity contribution < 1.29 is 0 Å². The van der Waals surface area contributed by atoms with E-state index in [0.29, 0.717) is 0 Å². The Hall–Kier alpha value is -2.87. The number of nitrogens with one attached hydrogen (secondary N) is 1. The highest BCUT2D eigenvalue weighted by atomic mass is 32.1. The van der Waals surface area contributed by atoms with Crippen LogP contribution < -0.4 is 5.32 Å². The zero-order valence-electron chi connectivity index (χ0n) is 13.3. The van der Waals surface area contributed by atoms with Gasteiger partial charge in [-0.2, -0.15) is 5.10 Å². The first-order valence-corrected chi connectivity index (χ1v) is 8.38. The predicted molar refractivity (Wildman–Crippen MR) is 94.3 cm³/mol. The molecule has 0 unspecified atom stereocenters. The topological polar surface area (TPSA) is 81.4 Å². The van der Waals surface area contributed by atoms with E-state index < -0.39 is 0 Å². The number of anilines is 2. The fraction of sp³-hybridized carbons (Fsp3) is 0.188. The van der Waals surface area contributed by atoms with Gasteiger partial charge in [-0.15, -0.1) is 10.2 Å². The van der Waals surface area contributed by atoms with Gasteiger partial charge in [-0.25, -0.2) is 4.98 Å². The van der Waals surface area contributed by atoms with Crippen molar-refractivity contribution in [2.45, 2.75) is 13.3 Å². The first-order chi connectivity index (χ1) is 11.7. The first kappa shape index (κ1) is 14.7. The molecule has 0 radical (unpaired) electrons. The molecular formula is C16H15N7S. The molecule has 0 amide bonds. The van der Waals surface area contributed by atoms with Crippen LogP contribution in [0.5, 0.6) is 0 Å². The second kappa shape index (κ2) is 5.97. The van der Waals surface area contributed by atoms with E-state index >= 15 is 0 Å². The van der Waals surface area contributed by atoms with Crippen molar-refractivity contribution in [1.82, 2.24) is 29.9 Å². The van der Waals surface area contributed by atoms with Crippen LogP contribution in [0.3, 0.4) is 0 Å². The Morgan fingerprint density at radius 2 is 2.04 bits per heavy atom. The number of nitrogens with zero attached hydrogens (tertiary/aromatic N) is 6. The summed E-state index contributed by atoms with van der Waals surface area (Å²) in [6.45, 7) is 2.06. The van der Waals surface area contributed by atoms with Crippen molar-refractivity contribution in [1.29, 1.82) is 0 Å². The van der Waals surface area contributed by atoms with Crippen LogP contribution in [0.1, 0.15) is 11.9 Å². The molecule has 0 aliphatic carbocycles. The first-order valence-electron chi connectivity index (χ1n) is 7.56. The zero-order valence-corrected chi connectivity index (χ0v) is 14.1. The Balaban J connectivity index is 1.68. The van der Waals surface area contributed by atoms with E-state index in [1.165, 1.54) is 11.3 Å². The number of aryl methyl sites for hydroxylation is 2. The minimum Gasteiger partial charge on any atom is -0.315 e. The van der Waals surface area contributed by atoms with E-state index in [-0.39, 0.29) is 0 Å². The molecule has 0 fully saturated rings. The third-order valence-corrected chi connectivity index (χ3v) is 4.56. The second-order valence-electron chi connectivity index (χ2n) is 5.34. The molecule has 0 bridgehead atoms. The molecule has 0 atom stereocenters. The van der Waals surface area contributed by atoms with E-state index in [9.17, 15) is 0 Å². The van der Waals surface area contributed by atoms with E-state index in [1.54, 1.807) is 4.68 Å². The highest BCUT2D eigenvalue weighted by molar-refractivity contribution is 7.15. The Labute approximate surface area is 142 Å². The molecule has 7 nitrogen and oxygen atoms in total. The van der Waals surface area contributed by atoms with Crippen LogP contribution in [0.4, 0.5) is 10.9 Å². The normalized spacial score (nSPS) is 11.1. The number of aromatic nitrogens is 6. The molecule has 120 valence electrons. The summed E-state index contributed by atoms with van der Waals surface area (Å²) in [6, 6.07) is 5.85. The molecule has 0 saturated heterocycles. The van der Waals surface area contributed by atoms with Gasteiger partial charge in [-0.1, -0.05) is 18.3 Å².